The fraction of sp³-hybridized carbons (Fsp3) is 0.412. The van der Waals surface area contributed by atoms with Crippen molar-refractivity contribution in [2.45, 2.75) is 19.5 Å². The Kier molecular flexibility index (Phi) is 5.70. The van der Waals surface area contributed by atoms with Gasteiger partial charge in [-0.15, -0.1) is 11.3 Å². The van der Waals surface area contributed by atoms with Crippen LogP contribution in [-0.2, 0) is 11.3 Å². The second kappa shape index (κ2) is 7.95. The summed E-state index contributed by atoms with van der Waals surface area (Å²) >= 11 is 3.57. The molecule has 0 radical (unpaired) electrons. The van der Waals surface area contributed by atoms with E-state index in [2.05, 4.69) is 15.2 Å². The zero-order valence-corrected chi connectivity index (χ0v) is 14.8. The number of aryl methyl sites for hydroxylation is 1. The molecule has 122 valence electrons. The molecule has 0 saturated carbocycles. The Morgan fingerprint density at radius 2 is 2.04 bits per heavy atom. The van der Waals surface area contributed by atoms with Gasteiger partial charge in [-0.3, -0.25) is 9.69 Å². The molecule has 1 aliphatic heterocycles. The highest BCUT2D eigenvalue weighted by molar-refractivity contribution is 7.99. The number of nitrogens with one attached hydrogen (secondary N) is 1. The molecule has 3 rings (SSSR count). The van der Waals surface area contributed by atoms with E-state index in [-0.39, 0.29) is 11.9 Å². The zero-order valence-electron chi connectivity index (χ0n) is 13.2. The molecule has 1 fully saturated rings. The maximum absolute atomic E-state index is 12.8. The Morgan fingerprint density at radius 3 is 2.70 bits per heavy atom. The smallest absolute Gasteiger partial charge is 0.242 e. The molecular weight excluding hydrogens is 326 g/mol. The van der Waals surface area contributed by atoms with Crippen molar-refractivity contribution in [2.24, 2.45) is 0 Å². The first-order chi connectivity index (χ1) is 11.2. The third kappa shape index (κ3) is 4.34. The molecule has 1 aromatic carbocycles. The van der Waals surface area contributed by atoms with Crippen molar-refractivity contribution in [2.75, 3.05) is 24.6 Å². The number of thioether (sulfide) groups is 1. The van der Waals surface area contributed by atoms with Gasteiger partial charge in [-0.1, -0.05) is 30.3 Å². The minimum atomic E-state index is -0.211. The fourth-order valence-corrected chi connectivity index (χ4v) is 4.31. The standard InChI is InChI=1S/C17H21N3OS2/c1-13-19-15(12-23-13)11-18-17(21)16(14-5-3-2-4-6-14)20-7-9-22-10-8-20/h2-6,12,16H,7-11H2,1H3,(H,18,21)/t16-/m0/s1. The maximum atomic E-state index is 12.8. The van der Waals surface area contributed by atoms with Gasteiger partial charge in [-0.2, -0.15) is 11.8 Å². The molecule has 2 aromatic rings. The van der Waals surface area contributed by atoms with Crippen molar-refractivity contribution in [3.63, 3.8) is 0 Å². The zero-order chi connectivity index (χ0) is 16.1. The van der Waals surface area contributed by atoms with Gasteiger partial charge in [0, 0.05) is 30.0 Å². The molecule has 4 nitrogen and oxygen atoms in total. The van der Waals surface area contributed by atoms with Crippen LogP contribution in [-0.4, -0.2) is 40.4 Å². The molecule has 1 N–H and O–H groups in total. The van der Waals surface area contributed by atoms with Crippen LogP contribution < -0.4 is 5.32 Å². The maximum Gasteiger partial charge on any atom is 0.242 e. The summed E-state index contributed by atoms with van der Waals surface area (Å²) in [4.78, 5) is 19.5. The average molecular weight is 348 g/mol. The lowest BCUT2D eigenvalue weighted by Gasteiger charge is -2.33. The molecular formula is C17H21N3OS2. The monoisotopic (exact) mass is 347 g/mol. The molecule has 1 atom stereocenters. The highest BCUT2D eigenvalue weighted by atomic mass is 32.2. The number of rotatable bonds is 5. The summed E-state index contributed by atoms with van der Waals surface area (Å²) in [6.45, 7) is 4.38. The Balaban J connectivity index is 1.72. The van der Waals surface area contributed by atoms with Gasteiger partial charge in [0.25, 0.3) is 0 Å². The van der Waals surface area contributed by atoms with Crippen LogP contribution in [0, 0.1) is 6.92 Å². The van der Waals surface area contributed by atoms with Crippen LogP contribution in [0.15, 0.2) is 35.7 Å². The molecule has 6 heteroatoms. The minimum Gasteiger partial charge on any atom is -0.349 e. The SMILES string of the molecule is Cc1nc(CNC(=O)[C@H](c2ccccc2)N2CCSCC2)cs1. The lowest BCUT2D eigenvalue weighted by Crippen LogP contribution is -2.44. The van der Waals surface area contributed by atoms with Crippen LogP contribution in [0.5, 0.6) is 0 Å². The van der Waals surface area contributed by atoms with E-state index in [0.29, 0.717) is 6.54 Å². The van der Waals surface area contributed by atoms with Crippen molar-refractivity contribution in [3.05, 3.63) is 52.0 Å². The summed E-state index contributed by atoms with van der Waals surface area (Å²) < 4.78 is 0. The molecule has 2 heterocycles. The number of amides is 1. The number of hydrogen-bond acceptors (Lipinski definition) is 5. The molecule has 0 aliphatic carbocycles. The third-order valence-electron chi connectivity index (χ3n) is 3.88. The van der Waals surface area contributed by atoms with Gasteiger partial charge in [-0.25, -0.2) is 4.98 Å². The lowest BCUT2D eigenvalue weighted by molar-refractivity contribution is -0.126. The van der Waals surface area contributed by atoms with E-state index >= 15 is 0 Å². The summed E-state index contributed by atoms with van der Waals surface area (Å²) in [6.07, 6.45) is 0. The van der Waals surface area contributed by atoms with E-state index in [4.69, 9.17) is 0 Å². The molecule has 0 bridgehead atoms. The van der Waals surface area contributed by atoms with Crippen LogP contribution in [0.3, 0.4) is 0 Å². The van der Waals surface area contributed by atoms with Crippen LogP contribution in [0.2, 0.25) is 0 Å². The predicted octanol–water partition coefficient (Wildman–Crippen LogP) is 2.86. The first-order valence-corrected chi connectivity index (χ1v) is 9.83. The summed E-state index contributed by atoms with van der Waals surface area (Å²) in [7, 11) is 0. The van der Waals surface area contributed by atoms with E-state index in [1.165, 1.54) is 0 Å². The third-order valence-corrected chi connectivity index (χ3v) is 5.65. The number of aromatic nitrogens is 1. The molecule has 1 saturated heterocycles. The van der Waals surface area contributed by atoms with E-state index in [0.717, 1.165) is 40.9 Å². The molecule has 0 unspecified atom stereocenters. The highest BCUT2D eigenvalue weighted by Gasteiger charge is 2.28. The van der Waals surface area contributed by atoms with Gasteiger partial charge in [0.15, 0.2) is 0 Å². The van der Waals surface area contributed by atoms with Crippen molar-refractivity contribution in [1.82, 2.24) is 15.2 Å². The van der Waals surface area contributed by atoms with Crippen molar-refractivity contribution < 1.29 is 4.79 Å². The Hall–Kier alpha value is -1.37. The number of nitrogens with zero attached hydrogens (tertiary/aromatic N) is 2. The lowest BCUT2D eigenvalue weighted by atomic mass is 10.0. The van der Waals surface area contributed by atoms with Gasteiger partial charge in [0.05, 0.1) is 17.2 Å². The topological polar surface area (TPSA) is 45.2 Å². The first-order valence-electron chi connectivity index (χ1n) is 7.79. The first kappa shape index (κ1) is 16.5. The van der Waals surface area contributed by atoms with E-state index < -0.39 is 0 Å². The van der Waals surface area contributed by atoms with Gasteiger partial charge < -0.3 is 5.32 Å². The van der Waals surface area contributed by atoms with Crippen LogP contribution >= 0.6 is 23.1 Å². The van der Waals surface area contributed by atoms with Crippen molar-refractivity contribution in [3.8, 4) is 0 Å². The number of thiazole rings is 1. The highest BCUT2D eigenvalue weighted by Crippen LogP contribution is 2.24. The molecule has 1 amide bonds. The van der Waals surface area contributed by atoms with Crippen LogP contribution in [0.1, 0.15) is 22.3 Å². The molecule has 23 heavy (non-hydrogen) atoms. The Labute approximate surface area is 145 Å². The molecule has 1 aromatic heterocycles. The van der Waals surface area contributed by atoms with E-state index in [1.807, 2.05) is 54.4 Å². The van der Waals surface area contributed by atoms with Crippen molar-refractivity contribution >= 4 is 29.0 Å². The number of carbonyl (C=O) groups excluding carboxylic acids is 1. The number of benzene rings is 1. The summed E-state index contributed by atoms with van der Waals surface area (Å²) in [5.41, 5.74) is 1.99. The number of hydrogen-bond donors (Lipinski definition) is 1. The Bertz CT molecular complexity index is 638. The summed E-state index contributed by atoms with van der Waals surface area (Å²) in [5.74, 6) is 2.23. The largest absolute Gasteiger partial charge is 0.349 e. The van der Waals surface area contributed by atoms with Gasteiger partial charge >= 0.3 is 0 Å². The van der Waals surface area contributed by atoms with E-state index in [1.54, 1.807) is 11.3 Å². The minimum absolute atomic E-state index is 0.0637. The van der Waals surface area contributed by atoms with Gasteiger partial charge in [0.1, 0.15) is 6.04 Å². The van der Waals surface area contributed by atoms with Crippen molar-refractivity contribution in [1.29, 1.82) is 0 Å². The predicted molar refractivity (Wildman–Crippen MR) is 96.8 cm³/mol. The second-order valence-corrected chi connectivity index (χ2v) is 7.82. The number of carbonyl (C=O) groups is 1. The van der Waals surface area contributed by atoms with Crippen LogP contribution in [0.4, 0.5) is 0 Å². The van der Waals surface area contributed by atoms with Crippen LogP contribution in [0.25, 0.3) is 0 Å². The quantitative estimate of drug-likeness (QED) is 0.903. The average Bonchev–Trinajstić information content (AvgIpc) is 3.01. The second-order valence-electron chi connectivity index (χ2n) is 5.54. The fourth-order valence-electron chi connectivity index (χ4n) is 2.76. The molecule has 1 aliphatic rings. The summed E-state index contributed by atoms with van der Waals surface area (Å²) in [5, 5.41) is 6.10. The van der Waals surface area contributed by atoms with Gasteiger partial charge in [-0.05, 0) is 12.5 Å². The normalized spacial score (nSPS) is 16.9. The van der Waals surface area contributed by atoms with Gasteiger partial charge in [0.2, 0.25) is 5.91 Å². The Morgan fingerprint density at radius 1 is 1.30 bits per heavy atom. The summed E-state index contributed by atoms with van der Waals surface area (Å²) in [6, 6.07) is 9.85. The van der Waals surface area contributed by atoms with E-state index in [9.17, 15) is 4.79 Å². The molecule has 0 spiro atoms.